The number of thioether (sulfide) groups is 1. The minimum atomic E-state index is 0.416. The maximum Gasteiger partial charge on any atom is 0.128 e. The highest BCUT2D eigenvalue weighted by molar-refractivity contribution is 7.98. The molecule has 1 heterocycles. The van der Waals surface area contributed by atoms with Gasteiger partial charge in [0.15, 0.2) is 0 Å². The Morgan fingerprint density at radius 2 is 2.36 bits per heavy atom. The van der Waals surface area contributed by atoms with E-state index < -0.39 is 0 Å². The van der Waals surface area contributed by atoms with Gasteiger partial charge in [-0.05, 0) is 25.7 Å². The fourth-order valence-corrected chi connectivity index (χ4v) is 1.75. The SMILES string of the molecule is CSCC(C)Nc1cc(N)c(C)cn1. The van der Waals surface area contributed by atoms with E-state index >= 15 is 0 Å². The molecule has 3 N–H and O–H groups in total. The predicted octanol–water partition coefficient (Wildman–Crippen LogP) is 2.14. The predicted molar refractivity (Wildman–Crippen MR) is 64.9 cm³/mol. The standard InChI is InChI=1S/C10H17N3S/c1-7-5-12-10(4-9(7)11)13-8(2)6-14-3/h4-5,8H,6H2,1-3H3,(H3,11,12,13). The smallest absolute Gasteiger partial charge is 0.128 e. The summed E-state index contributed by atoms with van der Waals surface area (Å²) < 4.78 is 0. The average molecular weight is 211 g/mol. The fourth-order valence-electron chi connectivity index (χ4n) is 1.16. The highest BCUT2D eigenvalue weighted by Crippen LogP contribution is 2.14. The van der Waals surface area contributed by atoms with Crippen LogP contribution in [0.1, 0.15) is 12.5 Å². The molecule has 0 aliphatic heterocycles. The van der Waals surface area contributed by atoms with E-state index in [1.54, 1.807) is 6.20 Å². The van der Waals surface area contributed by atoms with Gasteiger partial charge in [0, 0.05) is 29.7 Å². The van der Waals surface area contributed by atoms with Crippen molar-refractivity contribution in [3.05, 3.63) is 17.8 Å². The molecular formula is C10H17N3S. The Morgan fingerprint density at radius 3 is 2.93 bits per heavy atom. The summed E-state index contributed by atoms with van der Waals surface area (Å²) in [5.41, 5.74) is 7.60. The number of nitrogen functional groups attached to an aromatic ring is 1. The molecule has 1 aromatic rings. The monoisotopic (exact) mass is 211 g/mol. The molecule has 4 heteroatoms. The third kappa shape index (κ3) is 3.10. The van der Waals surface area contributed by atoms with Crippen LogP contribution in [0.5, 0.6) is 0 Å². The molecule has 3 nitrogen and oxygen atoms in total. The van der Waals surface area contributed by atoms with Gasteiger partial charge in [-0.25, -0.2) is 4.98 Å². The molecule has 1 rings (SSSR count). The number of hydrogen-bond acceptors (Lipinski definition) is 4. The van der Waals surface area contributed by atoms with E-state index in [4.69, 9.17) is 5.73 Å². The van der Waals surface area contributed by atoms with Crippen LogP contribution in [0.4, 0.5) is 11.5 Å². The maximum absolute atomic E-state index is 5.79. The van der Waals surface area contributed by atoms with Gasteiger partial charge in [-0.3, -0.25) is 0 Å². The van der Waals surface area contributed by atoms with E-state index in [0.717, 1.165) is 22.8 Å². The van der Waals surface area contributed by atoms with Crippen LogP contribution >= 0.6 is 11.8 Å². The summed E-state index contributed by atoms with van der Waals surface area (Å²) >= 11 is 1.81. The number of pyridine rings is 1. The van der Waals surface area contributed by atoms with Gasteiger partial charge in [-0.15, -0.1) is 0 Å². The lowest BCUT2D eigenvalue weighted by Gasteiger charge is -2.13. The summed E-state index contributed by atoms with van der Waals surface area (Å²) in [6.45, 7) is 4.09. The molecule has 0 saturated heterocycles. The Morgan fingerprint density at radius 1 is 1.64 bits per heavy atom. The Kier molecular flexibility index (Phi) is 4.07. The number of aromatic nitrogens is 1. The zero-order valence-corrected chi connectivity index (χ0v) is 9.69. The maximum atomic E-state index is 5.79. The number of hydrogen-bond donors (Lipinski definition) is 2. The van der Waals surface area contributed by atoms with Crippen LogP contribution in [0.25, 0.3) is 0 Å². The van der Waals surface area contributed by atoms with Crippen LogP contribution in [-0.2, 0) is 0 Å². The van der Waals surface area contributed by atoms with Crippen LogP contribution in [0.3, 0.4) is 0 Å². The van der Waals surface area contributed by atoms with Gasteiger partial charge in [0.1, 0.15) is 5.82 Å². The van der Waals surface area contributed by atoms with Crippen molar-refractivity contribution in [3.63, 3.8) is 0 Å². The molecule has 1 unspecified atom stereocenters. The summed E-state index contributed by atoms with van der Waals surface area (Å²) in [6, 6.07) is 2.30. The molecule has 1 atom stereocenters. The molecule has 1 aromatic heterocycles. The molecule has 0 spiro atoms. The van der Waals surface area contributed by atoms with E-state index in [-0.39, 0.29) is 0 Å². The van der Waals surface area contributed by atoms with E-state index in [9.17, 15) is 0 Å². The number of anilines is 2. The first kappa shape index (κ1) is 11.2. The summed E-state index contributed by atoms with van der Waals surface area (Å²) in [5.74, 6) is 1.92. The number of nitrogens with zero attached hydrogens (tertiary/aromatic N) is 1. The highest BCUT2D eigenvalue weighted by atomic mass is 32.2. The topological polar surface area (TPSA) is 50.9 Å². The zero-order valence-electron chi connectivity index (χ0n) is 8.87. The second-order valence-corrected chi connectivity index (χ2v) is 4.34. The second-order valence-electron chi connectivity index (χ2n) is 3.43. The molecule has 0 fully saturated rings. The first-order chi connectivity index (χ1) is 6.63. The van der Waals surface area contributed by atoms with Crippen LogP contribution < -0.4 is 11.1 Å². The molecule has 14 heavy (non-hydrogen) atoms. The van der Waals surface area contributed by atoms with Crippen molar-refractivity contribution in [2.45, 2.75) is 19.9 Å². The van der Waals surface area contributed by atoms with E-state index in [0.29, 0.717) is 6.04 Å². The Hall–Kier alpha value is -0.900. The minimum Gasteiger partial charge on any atom is -0.398 e. The Balaban J connectivity index is 2.63. The lowest BCUT2D eigenvalue weighted by molar-refractivity contribution is 0.903. The molecule has 0 aromatic carbocycles. The largest absolute Gasteiger partial charge is 0.398 e. The average Bonchev–Trinajstić information content (AvgIpc) is 2.12. The van der Waals surface area contributed by atoms with Crippen LogP contribution in [-0.4, -0.2) is 23.0 Å². The Bertz CT molecular complexity index is 301. The third-order valence-electron chi connectivity index (χ3n) is 1.96. The molecule has 0 saturated carbocycles. The molecule has 78 valence electrons. The van der Waals surface area contributed by atoms with Gasteiger partial charge in [-0.2, -0.15) is 11.8 Å². The normalized spacial score (nSPS) is 12.5. The molecule has 0 amide bonds. The van der Waals surface area contributed by atoms with Crippen molar-refractivity contribution in [1.29, 1.82) is 0 Å². The summed E-state index contributed by atoms with van der Waals surface area (Å²) in [7, 11) is 0. The van der Waals surface area contributed by atoms with Crippen LogP contribution in [0.2, 0.25) is 0 Å². The van der Waals surface area contributed by atoms with Gasteiger partial charge in [0.05, 0.1) is 0 Å². The molecule has 0 aliphatic rings. The lowest BCUT2D eigenvalue weighted by atomic mass is 10.2. The Labute approximate surface area is 89.5 Å². The second kappa shape index (κ2) is 5.10. The first-order valence-corrected chi connectivity index (χ1v) is 6.00. The van der Waals surface area contributed by atoms with Gasteiger partial charge < -0.3 is 11.1 Å². The van der Waals surface area contributed by atoms with Crippen LogP contribution in [0, 0.1) is 6.92 Å². The number of aryl methyl sites for hydroxylation is 1. The van der Waals surface area contributed by atoms with E-state index in [1.165, 1.54) is 0 Å². The number of nitrogens with two attached hydrogens (primary N) is 1. The summed E-state index contributed by atoms with van der Waals surface area (Å²) in [5, 5.41) is 3.30. The molecule has 0 bridgehead atoms. The quantitative estimate of drug-likeness (QED) is 0.801. The van der Waals surface area contributed by atoms with Gasteiger partial charge in [0.25, 0.3) is 0 Å². The van der Waals surface area contributed by atoms with Crippen molar-refractivity contribution >= 4 is 23.3 Å². The van der Waals surface area contributed by atoms with Crippen molar-refractivity contribution in [2.24, 2.45) is 0 Å². The minimum absolute atomic E-state index is 0.416. The molecule has 0 radical (unpaired) electrons. The van der Waals surface area contributed by atoms with Crippen molar-refractivity contribution < 1.29 is 0 Å². The molecular weight excluding hydrogens is 194 g/mol. The number of nitrogens with one attached hydrogen (secondary N) is 1. The van der Waals surface area contributed by atoms with Crippen molar-refractivity contribution in [1.82, 2.24) is 4.98 Å². The summed E-state index contributed by atoms with van der Waals surface area (Å²) in [4.78, 5) is 4.26. The number of rotatable bonds is 4. The third-order valence-corrected chi connectivity index (χ3v) is 2.79. The zero-order chi connectivity index (χ0) is 10.6. The van der Waals surface area contributed by atoms with Crippen molar-refractivity contribution in [3.8, 4) is 0 Å². The first-order valence-electron chi connectivity index (χ1n) is 4.61. The van der Waals surface area contributed by atoms with E-state index in [1.807, 2.05) is 24.8 Å². The lowest BCUT2D eigenvalue weighted by Crippen LogP contribution is -2.18. The fraction of sp³-hybridized carbons (Fsp3) is 0.500. The van der Waals surface area contributed by atoms with E-state index in [2.05, 4.69) is 23.5 Å². The van der Waals surface area contributed by atoms with Gasteiger partial charge in [-0.1, -0.05) is 0 Å². The molecule has 0 aliphatic carbocycles. The van der Waals surface area contributed by atoms with Gasteiger partial charge >= 0.3 is 0 Å². The highest BCUT2D eigenvalue weighted by Gasteiger charge is 2.02. The van der Waals surface area contributed by atoms with Crippen LogP contribution in [0.15, 0.2) is 12.3 Å². The van der Waals surface area contributed by atoms with Crippen molar-refractivity contribution in [2.75, 3.05) is 23.1 Å². The summed E-state index contributed by atoms with van der Waals surface area (Å²) in [6.07, 6.45) is 3.89. The van der Waals surface area contributed by atoms with Gasteiger partial charge in [0.2, 0.25) is 0 Å².